The van der Waals surface area contributed by atoms with E-state index in [0.717, 1.165) is 12.7 Å². The Hall–Kier alpha value is -0.505. The highest BCUT2D eigenvalue weighted by Crippen LogP contribution is 2.23. The molecule has 0 radical (unpaired) electrons. The lowest BCUT2D eigenvalue weighted by atomic mass is 9.78. The lowest BCUT2D eigenvalue weighted by Gasteiger charge is -2.23. The van der Waals surface area contributed by atoms with Crippen molar-refractivity contribution in [2.45, 2.75) is 46.5 Å². The summed E-state index contributed by atoms with van der Waals surface area (Å²) in [6.45, 7) is 8.45. The predicted molar refractivity (Wildman–Crippen MR) is 57.9 cm³/mol. The maximum absolute atomic E-state index is 11.6. The average molecular weight is 197 g/mol. The van der Waals surface area contributed by atoms with E-state index in [9.17, 15) is 4.79 Å². The Labute approximate surface area is 86.7 Å². The van der Waals surface area contributed by atoms with Gasteiger partial charge in [-0.2, -0.15) is 0 Å². The maximum Gasteiger partial charge on any atom is 0.449 e. The molecule has 1 saturated heterocycles. The fourth-order valence-electron chi connectivity index (χ4n) is 2.11. The van der Waals surface area contributed by atoms with Crippen LogP contribution in [0.2, 0.25) is 6.32 Å². The molecule has 3 nitrogen and oxygen atoms in total. The van der Waals surface area contributed by atoms with E-state index in [1.165, 1.54) is 0 Å². The second kappa shape index (κ2) is 4.83. The zero-order valence-corrected chi connectivity index (χ0v) is 9.54. The predicted octanol–water partition coefficient (Wildman–Crippen LogP) is 1.69. The van der Waals surface area contributed by atoms with Crippen molar-refractivity contribution >= 4 is 13.0 Å². The molecule has 0 aromatic heterocycles. The van der Waals surface area contributed by atoms with Gasteiger partial charge in [0.15, 0.2) is 0 Å². The zero-order valence-electron chi connectivity index (χ0n) is 9.54. The van der Waals surface area contributed by atoms with Crippen LogP contribution in [0.4, 0.5) is 0 Å². The smallest absolute Gasteiger partial charge is 0.449 e. The normalized spacial score (nSPS) is 24.2. The highest BCUT2D eigenvalue weighted by molar-refractivity contribution is 6.53. The van der Waals surface area contributed by atoms with Gasteiger partial charge in [0, 0.05) is 0 Å². The van der Waals surface area contributed by atoms with E-state index in [1.807, 2.05) is 6.92 Å². The Morgan fingerprint density at radius 2 is 2.14 bits per heavy atom. The summed E-state index contributed by atoms with van der Waals surface area (Å²) in [6, 6.07) is -0.0926. The van der Waals surface area contributed by atoms with Gasteiger partial charge in [0.1, 0.15) is 6.04 Å². The van der Waals surface area contributed by atoms with Crippen LogP contribution in [0, 0.1) is 11.8 Å². The molecule has 0 aromatic carbocycles. The monoisotopic (exact) mass is 197 g/mol. The molecule has 1 heterocycles. The number of carbonyl (C=O) groups excluding carboxylic acids is 1. The molecule has 2 atom stereocenters. The third kappa shape index (κ3) is 2.29. The molecule has 1 rings (SSSR count). The van der Waals surface area contributed by atoms with Crippen LogP contribution >= 0.6 is 0 Å². The Morgan fingerprint density at radius 1 is 1.50 bits per heavy atom. The number of hydrogen-bond acceptors (Lipinski definition) is 3. The van der Waals surface area contributed by atoms with E-state index in [1.54, 1.807) is 0 Å². The SMILES string of the molecule is CCB1NC(C(CC)C(C)C)C(=O)O1. The van der Waals surface area contributed by atoms with Gasteiger partial charge < -0.3 is 9.88 Å². The maximum atomic E-state index is 11.6. The van der Waals surface area contributed by atoms with Gasteiger partial charge in [-0.25, -0.2) is 0 Å². The van der Waals surface area contributed by atoms with Gasteiger partial charge in [0.25, 0.3) is 0 Å². The lowest BCUT2D eigenvalue weighted by Crippen LogP contribution is -2.41. The van der Waals surface area contributed by atoms with Gasteiger partial charge in [-0.1, -0.05) is 34.1 Å². The van der Waals surface area contributed by atoms with E-state index in [-0.39, 0.29) is 19.1 Å². The van der Waals surface area contributed by atoms with Crippen LogP contribution in [0.15, 0.2) is 0 Å². The van der Waals surface area contributed by atoms with Crippen LogP contribution in [0.5, 0.6) is 0 Å². The Kier molecular flexibility index (Phi) is 3.99. The van der Waals surface area contributed by atoms with Crippen molar-refractivity contribution < 1.29 is 9.45 Å². The summed E-state index contributed by atoms with van der Waals surface area (Å²) in [4.78, 5) is 11.6. The molecule has 1 aliphatic heterocycles. The van der Waals surface area contributed by atoms with Crippen LogP contribution in [0.1, 0.15) is 34.1 Å². The minimum absolute atomic E-state index is 0.0692. The summed E-state index contributed by atoms with van der Waals surface area (Å²) in [5, 5.41) is 3.25. The Morgan fingerprint density at radius 3 is 2.50 bits per heavy atom. The average Bonchev–Trinajstić information content (AvgIpc) is 2.48. The summed E-state index contributed by atoms with van der Waals surface area (Å²) in [6.07, 6.45) is 1.86. The molecule has 1 aliphatic rings. The first-order valence-electron chi connectivity index (χ1n) is 5.56. The second-order valence-electron chi connectivity index (χ2n) is 4.29. The number of nitrogens with one attached hydrogen (secondary N) is 1. The van der Waals surface area contributed by atoms with Gasteiger partial charge in [-0.3, -0.25) is 4.79 Å². The fraction of sp³-hybridized carbons (Fsp3) is 0.900. The Bertz CT molecular complexity index is 208. The summed E-state index contributed by atoms with van der Waals surface area (Å²) >= 11 is 0. The van der Waals surface area contributed by atoms with E-state index < -0.39 is 0 Å². The fourth-order valence-corrected chi connectivity index (χ4v) is 2.11. The van der Waals surface area contributed by atoms with Crippen LogP contribution < -0.4 is 5.23 Å². The van der Waals surface area contributed by atoms with Gasteiger partial charge >= 0.3 is 13.0 Å². The number of rotatable bonds is 4. The first kappa shape index (κ1) is 11.6. The van der Waals surface area contributed by atoms with Gasteiger partial charge in [-0.15, -0.1) is 0 Å². The first-order chi connectivity index (χ1) is 6.60. The standard InChI is InChI=1S/C10H20BNO2/c1-5-8(7(3)4)9-10(13)14-11(6-2)12-9/h7-9,12H,5-6H2,1-4H3. The molecule has 0 spiro atoms. The van der Waals surface area contributed by atoms with Crippen molar-refractivity contribution in [3.8, 4) is 0 Å². The van der Waals surface area contributed by atoms with Crippen LogP contribution in [0.3, 0.4) is 0 Å². The van der Waals surface area contributed by atoms with Crippen molar-refractivity contribution in [3.63, 3.8) is 0 Å². The second-order valence-corrected chi connectivity index (χ2v) is 4.29. The molecule has 0 aromatic rings. The third-order valence-electron chi connectivity index (χ3n) is 3.00. The van der Waals surface area contributed by atoms with Crippen molar-refractivity contribution in [2.75, 3.05) is 0 Å². The van der Waals surface area contributed by atoms with Gasteiger partial charge in [-0.05, 0) is 18.2 Å². The molecule has 0 aliphatic carbocycles. The topological polar surface area (TPSA) is 38.3 Å². The van der Waals surface area contributed by atoms with Crippen molar-refractivity contribution in [1.29, 1.82) is 0 Å². The third-order valence-corrected chi connectivity index (χ3v) is 3.00. The molecule has 1 fully saturated rings. The summed E-state index contributed by atoms with van der Waals surface area (Å²) < 4.78 is 5.21. The first-order valence-corrected chi connectivity index (χ1v) is 5.56. The molecule has 0 saturated carbocycles. The molecule has 14 heavy (non-hydrogen) atoms. The highest BCUT2D eigenvalue weighted by atomic mass is 16.5. The van der Waals surface area contributed by atoms with E-state index >= 15 is 0 Å². The summed E-state index contributed by atoms with van der Waals surface area (Å²) in [5.41, 5.74) is 0. The van der Waals surface area contributed by atoms with E-state index in [0.29, 0.717) is 11.8 Å². The molecule has 0 amide bonds. The molecule has 80 valence electrons. The minimum Gasteiger partial charge on any atom is -0.519 e. The Balaban J connectivity index is 2.63. The summed E-state index contributed by atoms with van der Waals surface area (Å²) in [7, 11) is -0.0692. The van der Waals surface area contributed by atoms with Gasteiger partial charge in [0.2, 0.25) is 0 Å². The van der Waals surface area contributed by atoms with Crippen LogP contribution in [0.25, 0.3) is 0 Å². The lowest BCUT2D eigenvalue weighted by molar-refractivity contribution is -0.135. The van der Waals surface area contributed by atoms with Gasteiger partial charge in [0.05, 0.1) is 0 Å². The summed E-state index contributed by atoms with van der Waals surface area (Å²) in [5.74, 6) is 0.831. The van der Waals surface area contributed by atoms with Crippen molar-refractivity contribution in [2.24, 2.45) is 11.8 Å². The molecule has 1 N–H and O–H groups in total. The number of carbonyl (C=O) groups is 1. The minimum atomic E-state index is -0.0926. The van der Waals surface area contributed by atoms with E-state index in [4.69, 9.17) is 4.65 Å². The zero-order chi connectivity index (χ0) is 10.7. The molecule has 0 bridgehead atoms. The highest BCUT2D eigenvalue weighted by Gasteiger charge is 2.41. The largest absolute Gasteiger partial charge is 0.519 e. The van der Waals surface area contributed by atoms with Crippen LogP contribution in [-0.2, 0) is 9.45 Å². The number of hydrogen-bond donors (Lipinski definition) is 1. The van der Waals surface area contributed by atoms with Crippen molar-refractivity contribution in [3.05, 3.63) is 0 Å². The van der Waals surface area contributed by atoms with E-state index in [2.05, 4.69) is 26.0 Å². The van der Waals surface area contributed by atoms with Crippen LogP contribution in [-0.4, -0.2) is 19.1 Å². The molecular weight excluding hydrogens is 177 g/mol. The van der Waals surface area contributed by atoms with Crippen molar-refractivity contribution in [1.82, 2.24) is 5.23 Å². The molecule has 4 heteroatoms. The molecule has 2 unspecified atom stereocenters. The quantitative estimate of drug-likeness (QED) is 0.697. The molecular formula is C10H20BNO2.